The molecular weight excluding hydrogens is 566 g/mol. The van der Waals surface area contributed by atoms with Crippen LogP contribution in [0.3, 0.4) is 0 Å². The van der Waals surface area contributed by atoms with E-state index in [2.05, 4.69) is 60.5 Å². The monoisotopic (exact) mass is 613 g/mol. The van der Waals surface area contributed by atoms with Crippen LogP contribution in [0.25, 0.3) is 0 Å². The second-order valence-corrected chi connectivity index (χ2v) is 10.1. The van der Waals surface area contributed by atoms with E-state index in [1.165, 1.54) is 0 Å². The van der Waals surface area contributed by atoms with Crippen molar-refractivity contribution in [2.24, 2.45) is 0 Å². The van der Waals surface area contributed by atoms with E-state index in [-0.39, 0.29) is 0 Å². The molecule has 3 aromatic heterocycles. The lowest BCUT2D eigenvalue weighted by Gasteiger charge is -2.26. The molecule has 0 saturated heterocycles. The summed E-state index contributed by atoms with van der Waals surface area (Å²) in [6.45, 7) is 8.84. The molecule has 10 heteroatoms. The molecular formula is C35H47N7O3. The molecule has 1 aromatic carbocycles. The van der Waals surface area contributed by atoms with Crippen LogP contribution in [0, 0.1) is 0 Å². The summed E-state index contributed by atoms with van der Waals surface area (Å²) >= 11 is 0. The van der Waals surface area contributed by atoms with E-state index in [9.17, 15) is 9.59 Å². The second-order valence-electron chi connectivity index (χ2n) is 10.1. The van der Waals surface area contributed by atoms with Crippen LogP contribution >= 0.6 is 0 Å². The molecule has 4 aromatic rings. The number of hydrogen-bond acceptors (Lipinski definition) is 9. The van der Waals surface area contributed by atoms with Crippen molar-refractivity contribution >= 4 is 18.4 Å². The predicted molar refractivity (Wildman–Crippen MR) is 179 cm³/mol. The summed E-state index contributed by atoms with van der Waals surface area (Å²) in [5.74, 6) is 0. The van der Waals surface area contributed by atoms with Gasteiger partial charge in [-0.25, -0.2) is 0 Å². The predicted octanol–water partition coefficient (Wildman–Crippen LogP) is 3.98. The Kier molecular flexibility index (Phi) is 19.7. The second kappa shape index (κ2) is 24.0. The zero-order valence-electron chi connectivity index (χ0n) is 26.5. The Hall–Kier alpha value is -4.35. The number of carbonyl (C=O) groups excluding carboxylic acids is 2. The van der Waals surface area contributed by atoms with E-state index < -0.39 is 0 Å². The molecule has 10 nitrogen and oxygen atoms in total. The molecule has 1 amide bonds. The first-order valence-corrected chi connectivity index (χ1v) is 15.2. The lowest BCUT2D eigenvalue weighted by molar-refractivity contribution is -0.107. The molecule has 3 heterocycles. The van der Waals surface area contributed by atoms with E-state index in [1.807, 2.05) is 62.0 Å². The SMILES string of the molecule is CCN(CCN(Cc1ccccn1)Cc1ccccn1)Cc1ccccn1.CNCCCO.O=CCc1ccc(NC=O)cc1. The lowest BCUT2D eigenvalue weighted by Crippen LogP contribution is -2.35. The van der Waals surface area contributed by atoms with Gasteiger partial charge in [0.15, 0.2) is 0 Å². The maximum Gasteiger partial charge on any atom is 0.211 e. The van der Waals surface area contributed by atoms with Gasteiger partial charge in [0, 0.05) is 70.0 Å². The molecule has 0 saturated carbocycles. The van der Waals surface area contributed by atoms with Crippen molar-refractivity contribution in [1.29, 1.82) is 0 Å². The molecule has 45 heavy (non-hydrogen) atoms. The number of amides is 1. The fraction of sp³-hybridized carbons (Fsp3) is 0.343. The normalized spacial score (nSPS) is 10.3. The van der Waals surface area contributed by atoms with Gasteiger partial charge in [0.1, 0.15) is 6.29 Å². The van der Waals surface area contributed by atoms with Crippen molar-refractivity contribution in [3.8, 4) is 0 Å². The lowest BCUT2D eigenvalue weighted by atomic mass is 10.1. The van der Waals surface area contributed by atoms with E-state index in [1.54, 1.807) is 24.3 Å². The van der Waals surface area contributed by atoms with Crippen LogP contribution < -0.4 is 10.6 Å². The number of nitrogens with one attached hydrogen (secondary N) is 2. The third-order valence-electron chi connectivity index (χ3n) is 6.60. The summed E-state index contributed by atoms with van der Waals surface area (Å²) < 4.78 is 0. The minimum absolute atomic E-state index is 0.292. The van der Waals surface area contributed by atoms with Crippen LogP contribution in [0.2, 0.25) is 0 Å². The quantitative estimate of drug-likeness (QED) is 0.120. The van der Waals surface area contributed by atoms with Gasteiger partial charge in [0.05, 0.1) is 17.1 Å². The van der Waals surface area contributed by atoms with Crippen molar-refractivity contribution in [2.45, 2.75) is 39.4 Å². The number of aliphatic hydroxyl groups is 1. The molecule has 4 rings (SSSR count). The zero-order chi connectivity index (χ0) is 32.4. The molecule has 0 aliphatic rings. The topological polar surface area (TPSA) is 124 Å². The number of aromatic nitrogens is 3. The number of anilines is 1. The fourth-order valence-corrected chi connectivity index (χ4v) is 4.17. The highest BCUT2D eigenvalue weighted by molar-refractivity contribution is 5.71. The molecule has 0 atom stereocenters. The van der Waals surface area contributed by atoms with Gasteiger partial charge < -0.3 is 20.5 Å². The Morgan fingerprint density at radius 2 is 1.24 bits per heavy atom. The number of carbonyl (C=O) groups is 2. The average Bonchev–Trinajstić information content (AvgIpc) is 3.08. The van der Waals surface area contributed by atoms with Gasteiger partial charge in [-0.1, -0.05) is 37.3 Å². The molecule has 0 bridgehead atoms. The zero-order valence-corrected chi connectivity index (χ0v) is 26.5. The number of rotatable bonds is 17. The first-order chi connectivity index (χ1) is 22.1. The molecule has 0 unspecified atom stereocenters. The Morgan fingerprint density at radius 3 is 1.62 bits per heavy atom. The summed E-state index contributed by atoms with van der Waals surface area (Å²) in [4.78, 5) is 38.4. The minimum Gasteiger partial charge on any atom is -0.396 e. The first-order valence-electron chi connectivity index (χ1n) is 15.2. The van der Waals surface area contributed by atoms with Gasteiger partial charge in [-0.05, 0) is 80.7 Å². The minimum atomic E-state index is 0.292. The Bertz CT molecular complexity index is 1210. The summed E-state index contributed by atoms with van der Waals surface area (Å²) in [5.41, 5.74) is 4.96. The maximum absolute atomic E-state index is 10.1. The van der Waals surface area contributed by atoms with Crippen molar-refractivity contribution in [1.82, 2.24) is 30.1 Å². The van der Waals surface area contributed by atoms with Crippen LogP contribution in [-0.4, -0.2) is 82.4 Å². The van der Waals surface area contributed by atoms with E-state index in [0.717, 1.165) is 86.9 Å². The molecule has 0 aliphatic heterocycles. The fourth-order valence-electron chi connectivity index (χ4n) is 4.17. The molecule has 3 N–H and O–H groups in total. The third-order valence-corrected chi connectivity index (χ3v) is 6.60. The number of nitrogens with zero attached hydrogens (tertiary/aromatic N) is 5. The molecule has 240 valence electrons. The van der Waals surface area contributed by atoms with Gasteiger partial charge in [0.25, 0.3) is 0 Å². The van der Waals surface area contributed by atoms with Crippen LogP contribution in [0.5, 0.6) is 0 Å². The van der Waals surface area contributed by atoms with Gasteiger partial charge in [-0.2, -0.15) is 0 Å². The Labute approximate surface area is 267 Å². The number of aldehydes is 1. The summed E-state index contributed by atoms with van der Waals surface area (Å²) in [6.07, 6.45) is 8.31. The van der Waals surface area contributed by atoms with E-state index >= 15 is 0 Å². The van der Waals surface area contributed by atoms with Crippen molar-refractivity contribution in [2.75, 3.05) is 45.2 Å². The van der Waals surface area contributed by atoms with Gasteiger partial charge >= 0.3 is 0 Å². The van der Waals surface area contributed by atoms with E-state index in [0.29, 0.717) is 19.4 Å². The average molecular weight is 614 g/mol. The van der Waals surface area contributed by atoms with Crippen LogP contribution in [-0.2, 0) is 35.6 Å². The third kappa shape index (κ3) is 16.9. The Morgan fingerprint density at radius 1 is 0.733 bits per heavy atom. The molecule has 0 spiro atoms. The number of benzene rings is 1. The largest absolute Gasteiger partial charge is 0.396 e. The molecule has 0 fully saturated rings. The van der Waals surface area contributed by atoms with Crippen molar-refractivity contribution in [3.63, 3.8) is 0 Å². The summed E-state index contributed by atoms with van der Waals surface area (Å²) in [6, 6.07) is 25.4. The van der Waals surface area contributed by atoms with Crippen molar-refractivity contribution in [3.05, 3.63) is 120 Å². The van der Waals surface area contributed by atoms with Crippen LogP contribution in [0.15, 0.2) is 97.5 Å². The Balaban J connectivity index is 0.000000322. The smallest absolute Gasteiger partial charge is 0.211 e. The highest BCUT2D eigenvalue weighted by atomic mass is 16.3. The molecule has 0 radical (unpaired) electrons. The van der Waals surface area contributed by atoms with E-state index in [4.69, 9.17) is 5.11 Å². The van der Waals surface area contributed by atoms with Crippen LogP contribution in [0.1, 0.15) is 36.0 Å². The summed E-state index contributed by atoms with van der Waals surface area (Å²) in [7, 11) is 1.87. The van der Waals surface area contributed by atoms with Gasteiger partial charge in [0.2, 0.25) is 6.41 Å². The highest BCUT2D eigenvalue weighted by Gasteiger charge is 2.12. The maximum atomic E-state index is 10.1. The summed E-state index contributed by atoms with van der Waals surface area (Å²) in [5, 5.41) is 13.6. The van der Waals surface area contributed by atoms with Gasteiger partial charge in [-0.15, -0.1) is 0 Å². The van der Waals surface area contributed by atoms with Crippen LogP contribution in [0.4, 0.5) is 5.69 Å². The number of hydrogen-bond donors (Lipinski definition) is 3. The molecule has 0 aliphatic carbocycles. The number of aliphatic hydroxyl groups excluding tert-OH is 1. The standard InChI is InChI=1S/C22H27N5.C9H9NO2.C4H11NO/c1-2-26(17-20-9-3-6-12-23-20)15-16-27(18-21-10-4-7-13-24-21)19-22-11-5-8-14-25-22;11-6-5-8-1-3-9(4-2-8)10-7-12;1-5-3-2-4-6/h3-14H,2,15-19H2,1H3;1-4,6-7H,5H2,(H,10,12);5-6H,2-4H2,1H3. The number of pyridine rings is 3. The van der Waals surface area contributed by atoms with Gasteiger partial charge in [-0.3, -0.25) is 29.5 Å². The first kappa shape index (κ1) is 36.8. The highest BCUT2D eigenvalue weighted by Crippen LogP contribution is 2.09. The van der Waals surface area contributed by atoms with Crippen molar-refractivity contribution < 1.29 is 14.7 Å². The number of likely N-dealkylation sites (N-methyl/N-ethyl adjacent to an activating group) is 1.